The second kappa shape index (κ2) is 5.58. The first-order valence-corrected chi connectivity index (χ1v) is 6.57. The number of ether oxygens (including phenoxy) is 1. The van der Waals surface area contributed by atoms with Gasteiger partial charge in [0.15, 0.2) is 0 Å². The van der Waals surface area contributed by atoms with E-state index in [4.69, 9.17) is 10.00 Å². The van der Waals surface area contributed by atoms with E-state index in [1.54, 1.807) is 6.07 Å². The molecule has 0 spiro atoms. The van der Waals surface area contributed by atoms with Crippen molar-refractivity contribution in [3.05, 3.63) is 29.6 Å². The topological polar surface area (TPSA) is 45.0 Å². The molecule has 1 aromatic rings. The molecule has 3 nitrogen and oxygen atoms in total. The maximum Gasteiger partial charge on any atom is 0.127 e. The number of hydrogen-bond donors (Lipinski definition) is 1. The molecule has 1 fully saturated rings. The molecule has 1 unspecified atom stereocenters. The molecule has 2 rings (SSSR count). The van der Waals surface area contributed by atoms with Crippen molar-refractivity contribution in [1.29, 1.82) is 5.26 Å². The highest BCUT2D eigenvalue weighted by Gasteiger charge is 2.43. The van der Waals surface area contributed by atoms with E-state index in [-0.39, 0.29) is 17.3 Å². The first kappa shape index (κ1) is 13.8. The Hall–Kier alpha value is -1.60. The molecule has 0 radical (unpaired) electrons. The van der Waals surface area contributed by atoms with E-state index in [2.05, 4.69) is 11.4 Å². The Bertz CT molecular complexity index is 491. The van der Waals surface area contributed by atoms with Crippen molar-refractivity contribution in [2.45, 2.75) is 32.2 Å². The van der Waals surface area contributed by atoms with Crippen molar-refractivity contribution >= 4 is 0 Å². The van der Waals surface area contributed by atoms with E-state index in [1.165, 1.54) is 12.1 Å². The van der Waals surface area contributed by atoms with Crippen LogP contribution in [0.1, 0.15) is 37.8 Å². The van der Waals surface area contributed by atoms with Crippen molar-refractivity contribution in [2.75, 3.05) is 13.7 Å². The fourth-order valence-corrected chi connectivity index (χ4v) is 2.09. The number of benzene rings is 1. The highest BCUT2D eigenvalue weighted by Crippen LogP contribution is 2.49. The number of halogens is 1. The lowest BCUT2D eigenvalue weighted by Crippen LogP contribution is -2.17. The summed E-state index contributed by atoms with van der Waals surface area (Å²) in [6.45, 7) is 2.50. The SMILES string of the molecule is CNC(C)c1ccc(F)cc1OCC1(CC#N)CC1. The summed E-state index contributed by atoms with van der Waals surface area (Å²) in [4.78, 5) is 0. The summed E-state index contributed by atoms with van der Waals surface area (Å²) in [6, 6.07) is 6.91. The number of nitrogens with one attached hydrogen (secondary N) is 1. The number of hydrogen-bond acceptors (Lipinski definition) is 3. The lowest BCUT2D eigenvalue weighted by atomic mass is 10.0. The summed E-state index contributed by atoms with van der Waals surface area (Å²) in [5.74, 6) is 0.276. The third-order valence-corrected chi connectivity index (χ3v) is 3.82. The van der Waals surface area contributed by atoms with Gasteiger partial charge in [0.2, 0.25) is 0 Å². The summed E-state index contributed by atoms with van der Waals surface area (Å²) in [7, 11) is 1.86. The normalized spacial score (nSPS) is 17.6. The van der Waals surface area contributed by atoms with E-state index in [0.29, 0.717) is 18.8 Å². The van der Waals surface area contributed by atoms with Gasteiger partial charge in [-0.15, -0.1) is 0 Å². The summed E-state index contributed by atoms with van der Waals surface area (Å²) in [6.07, 6.45) is 2.55. The molecule has 1 saturated carbocycles. The molecule has 1 atom stereocenters. The number of rotatable bonds is 6. The van der Waals surface area contributed by atoms with Crippen molar-refractivity contribution in [3.8, 4) is 11.8 Å². The van der Waals surface area contributed by atoms with Crippen molar-refractivity contribution in [3.63, 3.8) is 0 Å². The van der Waals surface area contributed by atoms with Gasteiger partial charge in [0.25, 0.3) is 0 Å². The second-order valence-electron chi connectivity index (χ2n) is 5.32. The first-order valence-electron chi connectivity index (χ1n) is 6.57. The Kier molecular flexibility index (Phi) is 4.06. The van der Waals surface area contributed by atoms with Crippen LogP contribution in [0.4, 0.5) is 4.39 Å². The van der Waals surface area contributed by atoms with Gasteiger partial charge in [0.1, 0.15) is 11.6 Å². The van der Waals surface area contributed by atoms with E-state index in [9.17, 15) is 4.39 Å². The highest BCUT2D eigenvalue weighted by atomic mass is 19.1. The van der Waals surface area contributed by atoms with Crippen LogP contribution >= 0.6 is 0 Å². The third-order valence-electron chi connectivity index (χ3n) is 3.82. The Morgan fingerprint density at radius 1 is 1.53 bits per heavy atom. The van der Waals surface area contributed by atoms with Gasteiger partial charge in [-0.1, -0.05) is 6.07 Å². The maximum absolute atomic E-state index is 13.3. The third kappa shape index (κ3) is 3.24. The molecular formula is C15H19FN2O. The molecule has 0 heterocycles. The zero-order valence-electron chi connectivity index (χ0n) is 11.4. The second-order valence-corrected chi connectivity index (χ2v) is 5.32. The molecule has 0 aliphatic heterocycles. The Labute approximate surface area is 113 Å². The van der Waals surface area contributed by atoms with Crippen LogP contribution in [-0.4, -0.2) is 13.7 Å². The lowest BCUT2D eigenvalue weighted by molar-refractivity contribution is 0.232. The lowest BCUT2D eigenvalue weighted by Gasteiger charge is -2.19. The summed E-state index contributed by atoms with van der Waals surface area (Å²) in [5, 5.41) is 11.9. The molecule has 102 valence electrons. The van der Waals surface area contributed by atoms with E-state index in [0.717, 1.165) is 18.4 Å². The van der Waals surface area contributed by atoms with E-state index in [1.807, 2.05) is 14.0 Å². The highest BCUT2D eigenvalue weighted by molar-refractivity contribution is 5.36. The molecule has 4 heteroatoms. The van der Waals surface area contributed by atoms with Crippen LogP contribution in [-0.2, 0) is 0 Å². The maximum atomic E-state index is 13.3. The average molecular weight is 262 g/mol. The standard InChI is InChI=1S/C15H19FN2O/c1-11(18-2)13-4-3-12(16)9-14(13)19-10-15(5-6-15)7-8-17/h3-4,9,11,18H,5-7,10H2,1-2H3. The zero-order chi connectivity index (χ0) is 13.9. The Morgan fingerprint density at radius 2 is 2.26 bits per heavy atom. The minimum atomic E-state index is -0.299. The molecule has 0 saturated heterocycles. The fraction of sp³-hybridized carbons (Fsp3) is 0.533. The quantitative estimate of drug-likeness (QED) is 0.856. The average Bonchev–Trinajstić information content (AvgIpc) is 3.16. The number of nitrogens with zero attached hydrogens (tertiary/aromatic N) is 1. The van der Waals surface area contributed by atoms with Crippen LogP contribution in [0.3, 0.4) is 0 Å². The zero-order valence-corrected chi connectivity index (χ0v) is 11.4. The molecule has 0 amide bonds. The smallest absolute Gasteiger partial charge is 0.127 e. The van der Waals surface area contributed by atoms with Crippen LogP contribution < -0.4 is 10.1 Å². The molecule has 19 heavy (non-hydrogen) atoms. The van der Waals surface area contributed by atoms with Gasteiger partial charge < -0.3 is 10.1 Å². The van der Waals surface area contributed by atoms with Gasteiger partial charge in [-0.3, -0.25) is 0 Å². The minimum absolute atomic E-state index is 0.00121. The fourth-order valence-electron chi connectivity index (χ4n) is 2.09. The molecule has 0 aromatic heterocycles. The molecule has 1 aromatic carbocycles. The molecule has 1 N–H and O–H groups in total. The minimum Gasteiger partial charge on any atom is -0.493 e. The van der Waals surface area contributed by atoms with Crippen molar-refractivity contribution < 1.29 is 9.13 Å². The van der Waals surface area contributed by atoms with Crippen LogP contribution in [0.15, 0.2) is 18.2 Å². The van der Waals surface area contributed by atoms with E-state index >= 15 is 0 Å². The van der Waals surface area contributed by atoms with E-state index < -0.39 is 0 Å². The van der Waals surface area contributed by atoms with Crippen LogP contribution in [0.2, 0.25) is 0 Å². The summed E-state index contributed by atoms with van der Waals surface area (Å²) < 4.78 is 19.1. The van der Waals surface area contributed by atoms with Gasteiger partial charge in [0.05, 0.1) is 12.7 Å². The van der Waals surface area contributed by atoms with Crippen LogP contribution in [0.5, 0.6) is 5.75 Å². The molecule has 0 bridgehead atoms. The van der Waals surface area contributed by atoms with Gasteiger partial charge in [-0.05, 0) is 32.9 Å². The molecule has 1 aliphatic carbocycles. The Morgan fingerprint density at radius 3 is 2.84 bits per heavy atom. The van der Waals surface area contributed by atoms with Gasteiger partial charge in [-0.2, -0.15) is 5.26 Å². The Balaban J connectivity index is 2.11. The van der Waals surface area contributed by atoms with Crippen molar-refractivity contribution in [2.24, 2.45) is 5.41 Å². The number of nitriles is 1. The van der Waals surface area contributed by atoms with Crippen molar-refractivity contribution in [1.82, 2.24) is 5.32 Å². The largest absolute Gasteiger partial charge is 0.493 e. The molecular weight excluding hydrogens is 243 g/mol. The first-order chi connectivity index (χ1) is 9.10. The monoisotopic (exact) mass is 262 g/mol. The molecule has 1 aliphatic rings. The predicted molar refractivity (Wildman–Crippen MR) is 71.3 cm³/mol. The predicted octanol–water partition coefficient (Wildman–Crippen LogP) is 3.18. The van der Waals surface area contributed by atoms with Gasteiger partial charge in [0, 0.05) is 29.5 Å². The summed E-state index contributed by atoms with van der Waals surface area (Å²) >= 11 is 0. The van der Waals surface area contributed by atoms with Crippen LogP contribution in [0, 0.1) is 22.6 Å². The van der Waals surface area contributed by atoms with Gasteiger partial charge >= 0.3 is 0 Å². The van der Waals surface area contributed by atoms with Gasteiger partial charge in [-0.25, -0.2) is 4.39 Å². The van der Waals surface area contributed by atoms with Crippen LogP contribution in [0.25, 0.3) is 0 Å². The summed E-state index contributed by atoms with van der Waals surface area (Å²) in [5.41, 5.74) is 0.943.